The number of hydrogen-bond donors (Lipinski definition) is 1. The van der Waals surface area contributed by atoms with E-state index in [2.05, 4.69) is 13.8 Å². The molecule has 0 aromatic carbocycles. The third-order valence-corrected chi connectivity index (χ3v) is 3.00. The predicted molar refractivity (Wildman–Crippen MR) is 49.4 cm³/mol. The lowest BCUT2D eigenvalue weighted by Crippen LogP contribution is -2.18. The van der Waals surface area contributed by atoms with E-state index in [1.54, 1.807) is 0 Å². The summed E-state index contributed by atoms with van der Waals surface area (Å²) in [5.74, 6) is 1.81. The quantitative estimate of drug-likeness (QED) is 0.579. The molecule has 0 radical (unpaired) electrons. The Morgan fingerprint density at radius 1 is 1.09 bits per heavy atom. The van der Waals surface area contributed by atoms with Crippen LogP contribution in [0, 0.1) is 11.8 Å². The van der Waals surface area contributed by atoms with Crippen LogP contribution >= 0.6 is 0 Å². The molecule has 1 aliphatic carbocycles. The Morgan fingerprint density at radius 3 is 2.45 bits per heavy atom. The van der Waals surface area contributed by atoms with Crippen LogP contribution in [0.5, 0.6) is 0 Å². The molecule has 0 heterocycles. The van der Waals surface area contributed by atoms with Crippen LogP contribution in [0.25, 0.3) is 0 Å². The molecule has 1 heteroatoms. The summed E-state index contributed by atoms with van der Waals surface area (Å²) in [5, 5.41) is 0. The van der Waals surface area contributed by atoms with Gasteiger partial charge in [-0.25, -0.2) is 0 Å². The van der Waals surface area contributed by atoms with E-state index < -0.39 is 0 Å². The monoisotopic (exact) mass is 155 g/mol. The lowest BCUT2D eigenvalue weighted by atomic mass is 9.89. The molecule has 1 fully saturated rings. The van der Waals surface area contributed by atoms with E-state index in [0.717, 1.165) is 11.8 Å². The molecule has 0 bridgehead atoms. The molecule has 66 valence electrons. The average Bonchev–Trinajstić information content (AvgIpc) is 2.13. The zero-order valence-corrected chi connectivity index (χ0v) is 7.84. The molecule has 0 aliphatic heterocycles. The van der Waals surface area contributed by atoms with Gasteiger partial charge in [0, 0.05) is 6.04 Å². The standard InChI is InChI=1S/C10H21N/c1-8(2)9-4-3-5-10(11)7-6-9/h8-10H,3-7,11H2,1-2H3/t9-,10-/m1/s1. The van der Waals surface area contributed by atoms with Crippen molar-refractivity contribution in [2.45, 2.75) is 52.0 Å². The summed E-state index contributed by atoms with van der Waals surface area (Å²) >= 11 is 0. The van der Waals surface area contributed by atoms with E-state index in [-0.39, 0.29) is 0 Å². The Kier molecular flexibility index (Phi) is 3.38. The van der Waals surface area contributed by atoms with E-state index in [4.69, 9.17) is 5.73 Å². The molecule has 0 unspecified atom stereocenters. The molecule has 0 aromatic rings. The number of nitrogens with two attached hydrogens (primary N) is 1. The minimum Gasteiger partial charge on any atom is -0.328 e. The van der Waals surface area contributed by atoms with Crippen LogP contribution in [0.4, 0.5) is 0 Å². The Balaban J connectivity index is 2.34. The van der Waals surface area contributed by atoms with Crippen LogP contribution in [0.2, 0.25) is 0 Å². The van der Waals surface area contributed by atoms with E-state index in [9.17, 15) is 0 Å². The molecule has 1 saturated carbocycles. The van der Waals surface area contributed by atoms with Crippen LogP contribution in [0.3, 0.4) is 0 Å². The first-order valence-corrected chi connectivity index (χ1v) is 4.95. The van der Waals surface area contributed by atoms with Gasteiger partial charge in [-0.05, 0) is 31.1 Å². The van der Waals surface area contributed by atoms with E-state index in [1.807, 2.05) is 0 Å². The van der Waals surface area contributed by atoms with Gasteiger partial charge >= 0.3 is 0 Å². The van der Waals surface area contributed by atoms with Crippen molar-refractivity contribution >= 4 is 0 Å². The van der Waals surface area contributed by atoms with Gasteiger partial charge < -0.3 is 5.73 Å². The van der Waals surface area contributed by atoms with Crippen molar-refractivity contribution in [3.63, 3.8) is 0 Å². The van der Waals surface area contributed by atoms with Crippen molar-refractivity contribution in [2.75, 3.05) is 0 Å². The maximum absolute atomic E-state index is 5.90. The fraction of sp³-hybridized carbons (Fsp3) is 1.00. The molecule has 0 spiro atoms. The minimum absolute atomic E-state index is 0.499. The van der Waals surface area contributed by atoms with Crippen LogP contribution < -0.4 is 5.73 Å². The van der Waals surface area contributed by atoms with E-state index >= 15 is 0 Å². The van der Waals surface area contributed by atoms with E-state index in [1.165, 1.54) is 32.1 Å². The molecular formula is C10H21N. The van der Waals surface area contributed by atoms with Crippen molar-refractivity contribution in [3.8, 4) is 0 Å². The summed E-state index contributed by atoms with van der Waals surface area (Å²) < 4.78 is 0. The first-order valence-electron chi connectivity index (χ1n) is 4.95. The largest absolute Gasteiger partial charge is 0.328 e. The fourth-order valence-electron chi connectivity index (χ4n) is 2.03. The van der Waals surface area contributed by atoms with Gasteiger partial charge in [-0.1, -0.05) is 26.7 Å². The predicted octanol–water partition coefficient (Wildman–Crippen LogP) is 2.55. The lowest BCUT2D eigenvalue weighted by Gasteiger charge is -2.17. The normalized spacial score (nSPS) is 33.8. The summed E-state index contributed by atoms with van der Waals surface area (Å²) in [6, 6.07) is 0.499. The van der Waals surface area contributed by atoms with E-state index in [0.29, 0.717) is 6.04 Å². The second-order valence-electron chi connectivity index (χ2n) is 4.27. The second kappa shape index (κ2) is 4.10. The minimum atomic E-state index is 0.499. The highest BCUT2D eigenvalue weighted by atomic mass is 14.6. The molecule has 1 rings (SSSR count). The maximum Gasteiger partial charge on any atom is 0.00389 e. The number of rotatable bonds is 1. The molecule has 1 aliphatic rings. The fourth-order valence-corrected chi connectivity index (χ4v) is 2.03. The molecule has 0 aromatic heterocycles. The molecule has 2 atom stereocenters. The van der Waals surface area contributed by atoms with Crippen LogP contribution in [0.15, 0.2) is 0 Å². The second-order valence-corrected chi connectivity index (χ2v) is 4.27. The topological polar surface area (TPSA) is 26.0 Å². The van der Waals surface area contributed by atoms with Crippen LogP contribution in [0.1, 0.15) is 46.0 Å². The highest BCUT2D eigenvalue weighted by Crippen LogP contribution is 2.27. The molecule has 2 N–H and O–H groups in total. The molecule has 11 heavy (non-hydrogen) atoms. The lowest BCUT2D eigenvalue weighted by molar-refractivity contribution is 0.341. The molecule has 0 amide bonds. The van der Waals surface area contributed by atoms with Gasteiger partial charge in [-0.15, -0.1) is 0 Å². The van der Waals surface area contributed by atoms with Crippen molar-refractivity contribution in [2.24, 2.45) is 17.6 Å². The summed E-state index contributed by atoms with van der Waals surface area (Å²) in [7, 11) is 0. The van der Waals surface area contributed by atoms with Crippen molar-refractivity contribution in [3.05, 3.63) is 0 Å². The smallest absolute Gasteiger partial charge is 0.00389 e. The van der Waals surface area contributed by atoms with Gasteiger partial charge in [-0.2, -0.15) is 0 Å². The Bertz CT molecular complexity index is 109. The summed E-state index contributed by atoms with van der Waals surface area (Å²) in [5.41, 5.74) is 5.90. The van der Waals surface area contributed by atoms with Gasteiger partial charge in [0.05, 0.1) is 0 Å². The Hall–Kier alpha value is -0.0400. The van der Waals surface area contributed by atoms with Crippen LogP contribution in [-0.4, -0.2) is 6.04 Å². The summed E-state index contributed by atoms with van der Waals surface area (Å²) in [4.78, 5) is 0. The molecule has 0 saturated heterocycles. The van der Waals surface area contributed by atoms with Gasteiger partial charge in [0.2, 0.25) is 0 Å². The van der Waals surface area contributed by atoms with Gasteiger partial charge in [0.15, 0.2) is 0 Å². The SMILES string of the molecule is CC(C)[C@@H]1CCC[C@@H](N)CC1. The highest BCUT2D eigenvalue weighted by Gasteiger charge is 2.18. The van der Waals surface area contributed by atoms with Gasteiger partial charge in [0.25, 0.3) is 0 Å². The zero-order valence-electron chi connectivity index (χ0n) is 7.84. The third-order valence-electron chi connectivity index (χ3n) is 3.00. The zero-order chi connectivity index (χ0) is 8.27. The molecular weight excluding hydrogens is 134 g/mol. The number of hydrogen-bond acceptors (Lipinski definition) is 1. The van der Waals surface area contributed by atoms with Crippen molar-refractivity contribution < 1.29 is 0 Å². The first kappa shape index (κ1) is 9.05. The van der Waals surface area contributed by atoms with Crippen molar-refractivity contribution in [1.29, 1.82) is 0 Å². The van der Waals surface area contributed by atoms with Gasteiger partial charge in [-0.3, -0.25) is 0 Å². The highest BCUT2D eigenvalue weighted by molar-refractivity contribution is 4.73. The Morgan fingerprint density at radius 2 is 1.82 bits per heavy atom. The average molecular weight is 155 g/mol. The van der Waals surface area contributed by atoms with Crippen molar-refractivity contribution in [1.82, 2.24) is 0 Å². The summed E-state index contributed by atoms with van der Waals surface area (Å²) in [6.07, 6.45) is 6.63. The molecule has 1 nitrogen and oxygen atoms in total. The third kappa shape index (κ3) is 2.82. The Labute approximate surface area is 70.4 Å². The maximum atomic E-state index is 5.90. The summed E-state index contributed by atoms with van der Waals surface area (Å²) in [6.45, 7) is 4.67. The van der Waals surface area contributed by atoms with Crippen LogP contribution in [-0.2, 0) is 0 Å². The van der Waals surface area contributed by atoms with Gasteiger partial charge in [0.1, 0.15) is 0 Å². The first-order chi connectivity index (χ1) is 5.20.